The van der Waals surface area contributed by atoms with Gasteiger partial charge in [-0.25, -0.2) is 0 Å². The number of para-hydroxylation sites is 1. The summed E-state index contributed by atoms with van der Waals surface area (Å²) in [4.78, 5) is 29.4. The summed E-state index contributed by atoms with van der Waals surface area (Å²) in [7, 11) is 1.71. The second-order valence-corrected chi connectivity index (χ2v) is 6.42. The highest BCUT2D eigenvalue weighted by Crippen LogP contribution is 2.18. The molecule has 0 aliphatic rings. The fraction of sp³-hybridized carbons (Fsp3) is 0.444. The highest BCUT2D eigenvalue weighted by atomic mass is 16.2. The smallest absolute Gasteiger partial charge is 0.261 e. The molecule has 2 rings (SSSR count). The summed E-state index contributed by atoms with van der Waals surface area (Å²) in [5.74, 6) is 0.106. The SMILES string of the molecule is Cc1c(C(=O)N(C)CCC(N)C(C)C)c(=O)[nH]c2ccccc12. The van der Waals surface area contributed by atoms with Crippen molar-refractivity contribution in [3.63, 3.8) is 0 Å². The molecule has 2 aromatic rings. The zero-order valence-corrected chi connectivity index (χ0v) is 14.2. The number of aromatic nitrogens is 1. The van der Waals surface area contributed by atoms with Crippen molar-refractivity contribution in [2.45, 2.75) is 33.2 Å². The molecule has 0 spiro atoms. The van der Waals surface area contributed by atoms with Crippen LogP contribution < -0.4 is 11.3 Å². The lowest BCUT2D eigenvalue weighted by Gasteiger charge is -2.22. The number of nitrogens with one attached hydrogen (secondary N) is 1. The lowest BCUT2D eigenvalue weighted by atomic mass is 10.0. The van der Waals surface area contributed by atoms with Crippen LogP contribution in [0.4, 0.5) is 0 Å². The predicted molar refractivity (Wildman–Crippen MR) is 93.7 cm³/mol. The number of aryl methyl sites for hydroxylation is 1. The molecule has 3 N–H and O–H groups in total. The van der Waals surface area contributed by atoms with E-state index in [4.69, 9.17) is 5.73 Å². The quantitative estimate of drug-likeness (QED) is 0.888. The predicted octanol–water partition coefficient (Wildman–Crippen LogP) is 2.28. The number of benzene rings is 1. The Bertz CT molecular complexity index is 764. The van der Waals surface area contributed by atoms with Gasteiger partial charge in [0.2, 0.25) is 0 Å². The Morgan fingerprint density at radius 1 is 1.30 bits per heavy atom. The second-order valence-electron chi connectivity index (χ2n) is 6.42. The Morgan fingerprint density at radius 3 is 2.61 bits per heavy atom. The summed E-state index contributed by atoms with van der Waals surface area (Å²) in [5.41, 5.74) is 7.37. The van der Waals surface area contributed by atoms with E-state index in [9.17, 15) is 9.59 Å². The minimum atomic E-state index is -0.341. The number of hydrogen-bond acceptors (Lipinski definition) is 3. The van der Waals surface area contributed by atoms with Gasteiger partial charge < -0.3 is 15.6 Å². The number of hydrogen-bond donors (Lipinski definition) is 2. The van der Waals surface area contributed by atoms with Crippen LogP contribution in [-0.4, -0.2) is 35.4 Å². The lowest BCUT2D eigenvalue weighted by Crippen LogP contribution is -2.37. The van der Waals surface area contributed by atoms with E-state index in [1.54, 1.807) is 11.9 Å². The zero-order chi connectivity index (χ0) is 17.1. The first kappa shape index (κ1) is 17.2. The van der Waals surface area contributed by atoms with Crippen LogP contribution in [0.5, 0.6) is 0 Å². The number of carbonyl (C=O) groups is 1. The van der Waals surface area contributed by atoms with E-state index < -0.39 is 0 Å². The maximum absolute atomic E-state index is 12.7. The third-order valence-electron chi connectivity index (χ3n) is 4.40. The zero-order valence-electron chi connectivity index (χ0n) is 14.2. The van der Waals surface area contributed by atoms with Gasteiger partial charge in [-0.05, 0) is 30.9 Å². The molecular weight excluding hydrogens is 290 g/mol. The summed E-state index contributed by atoms with van der Waals surface area (Å²) >= 11 is 0. The van der Waals surface area contributed by atoms with Gasteiger partial charge in [-0.2, -0.15) is 0 Å². The molecule has 1 unspecified atom stereocenters. The van der Waals surface area contributed by atoms with Crippen LogP contribution in [0.15, 0.2) is 29.1 Å². The number of pyridine rings is 1. The number of carbonyl (C=O) groups excluding carboxylic acids is 1. The van der Waals surface area contributed by atoms with E-state index >= 15 is 0 Å². The Kier molecular flexibility index (Phi) is 5.21. The van der Waals surface area contributed by atoms with E-state index in [-0.39, 0.29) is 23.1 Å². The summed E-state index contributed by atoms with van der Waals surface area (Å²) in [5, 5.41) is 0.891. The fourth-order valence-electron chi connectivity index (χ4n) is 2.63. The van der Waals surface area contributed by atoms with E-state index in [0.29, 0.717) is 24.4 Å². The number of H-pyrrole nitrogens is 1. The molecule has 0 aliphatic heterocycles. The molecule has 1 heterocycles. The van der Waals surface area contributed by atoms with Gasteiger partial charge in [-0.3, -0.25) is 9.59 Å². The molecule has 1 aromatic heterocycles. The number of amides is 1. The number of aromatic amines is 1. The van der Waals surface area contributed by atoms with Gasteiger partial charge in [0.25, 0.3) is 11.5 Å². The normalized spacial score (nSPS) is 12.6. The maximum Gasteiger partial charge on any atom is 0.261 e. The Morgan fingerprint density at radius 2 is 1.96 bits per heavy atom. The topological polar surface area (TPSA) is 79.2 Å². The number of rotatable bonds is 5. The molecular formula is C18H25N3O2. The first-order chi connectivity index (χ1) is 10.8. The monoisotopic (exact) mass is 315 g/mol. The summed E-state index contributed by atoms with van der Waals surface area (Å²) in [6.45, 7) is 6.47. The molecule has 124 valence electrons. The van der Waals surface area contributed by atoms with E-state index in [0.717, 1.165) is 10.9 Å². The van der Waals surface area contributed by atoms with Crippen LogP contribution in [0.3, 0.4) is 0 Å². The molecule has 0 radical (unpaired) electrons. The molecule has 0 fully saturated rings. The average Bonchev–Trinajstić information content (AvgIpc) is 2.51. The van der Waals surface area contributed by atoms with Crippen LogP contribution in [0.1, 0.15) is 36.2 Å². The Labute approximate surface area is 136 Å². The van der Waals surface area contributed by atoms with Crippen molar-refractivity contribution in [3.8, 4) is 0 Å². The molecule has 0 saturated heterocycles. The number of nitrogens with zero attached hydrogens (tertiary/aromatic N) is 1. The van der Waals surface area contributed by atoms with Crippen molar-refractivity contribution in [1.29, 1.82) is 0 Å². The van der Waals surface area contributed by atoms with Gasteiger partial charge in [-0.1, -0.05) is 32.0 Å². The molecule has 0 bridgehead atoms. The molecule has 23 heavy (non-hydrogen) atoms. The first-order valence-corrected chi connectivity index (χ1v) is 7.95. The molecule has 0 saturated carbocycles. The third-order valence-corrected chi connectivity index (χ3v) is 4.40. The molecule has 1 atom stereocenters. The molecule has 0 aliphatic carbocycles. The highest BCUT2D eigenvalue weighted by Gasteiger charge is 2.20. The highest BCUT2D eigenvalue weighted by molar-refractivity contribution is 5.99. The lowest BCUT2D eigenvalue weighted by molar-refractivity contribution is 0.0787. The van der Waals surface area contributed by atoms with Crippen molar-refractivity contribution in [1.82, 2.24) is 9.88 Å². The largest absolute Gasteiger partial charge is 0.341 e. The average molecular weight is 315 g/mol. The molecule has 1 amide bonds. The minimum Gasteiger partial charge on any atom is -0.341 e. The van der Waals surface area contributed by atoms with Crippen molar-refractivity contribution >= 4 is 16.8 Å². The Balaban J connectivity index is 2.29. The van der Waals surface area contributed by atoms with E-state index in [1.807, 2.05) is 31.2 Å². The van der Waals surface area contributed by atoms with Gasteiger partial charge in [-0.15, -0.1) is 0 Å². The summed E-state index contributed by atoms with van der Waals surface area (Å²) < 4.78 is 0. The van der Waals surface area contributed by atoms with Gasteiger partial charge in [0.1, 0.15) is 5.56 Å². The van der Waals surface area contributed by atoms with Crippen molar-refractivity contribution < 1.29 is 4.79 Å². The number of nitrogens with two attached hydrogens (primary N) is 1. The van der Waals surface area contributed by atoms with Crippen LogP contribution in [0, 0.1) is 12.8 Å². The standard InChI is InChI=1S/C18H25N3O2/c1-11(2)14(19)9-10-21(4)18(23)16-12(3)13-7-5-6-8-15(13)20-17(16)22/h5-8,11,14H,9-10,19H2,1-4H3,(H,20,22). The van der Waals surface area contributed by atoms with Crippen molar-refractivity contribution in [2.75, 3.05) is 13.6 Å². The van der Waals surface area contributed by atoms with Crippen molar-refractivity contribution in [2.24, 2.45) is 11.7 Å². The second kappa shape index (κ2) is 6.96. The first-order valence-electron chi connectivity index (χ1n) is 7.95. The van der Waals surface area contributed by atoms with Gasteiger partial charge >= 0.3 is 0 Å². The van der Waals surface area contributed by atoms with Crippen LogP contribution >= 0.6 is 0 Å². The number of fused-ring (bicyclic) bond motifs is 1. The fourth-order valence-corrected chi connectivity index (χ4v) is 2.63. The van der Waals surface area contributed by atoms with Crippen LogP contribution in [-0.2, 0) is 0 Å². The maximum atomic E-state index is 12.7. The molecule has 1 aromatic carbocycles. The third kappa shape index (κ3) is 3.62. The molecule has 5 nitrogen and oxygen atoms in total. The van der Waals surface area contributed by atoms with Gasteiger partial charge in [0, 0.05) is 30.5 Å². The molecule has 5 heteroatoms. The Hall–Kier alpha value is -2.14. The van der Waals surface area contributed by atoms with Gasteiger partial charge in [0.15, 0.2) is 0 Å². The summed E-state index contributed by atoms with van der Waals surface area (Å²) in [6.07, 6.45) is 0.713. The van der Waals surface area contributed by atoms with Crippen molar-refractivity contribution in [3.05, 3.63) is 45.7 Å². The van der Waals surface area contributed by atoms with E-state index in [2.05, 4.69) is 18.8 Å². The van der Waals surface area contributed by atoms with Crippen LogP contribution in [0.25, 0.3) is 10.9 Å². The van der Waals surface area contributed by atoms with Gasteiger partial charge in [0.05, 0.1) is 0 Å². The van der Waals surface area contributed by atoms with Crippen LogP contribution in [0.2, 0.25) is 0 Å². The minimum absolute atomic E-state index is 0.0428. The van der Waals surface area contributed by atoms with E-state index in [1.165, 1.54) is 0 Å². The summed E-state index contributed by atoms with van der Waals surface area (Å²) in [6, 6.07) is 7.54.